The molecular formula is C22H22F3N7O2. The third-order valence-corrected chi connectivity index (χ3v) is 5.54. The molecule has 4 rings (SSSR count). The first-order valence-electron chi connectivity index (χ1n) is 10.5. The number of amides is 2. The molecule has 1 atom stereocenters. The number of nitrogens with one attached hydrogen (secondary N) is 2. The molecule has 0 aliphatic carbocycles. The molecule has 0 unspecified atom stereocenters. The number of halogens is 3. The number of alkyl halides is 3. The third-order valence-electron chi connectivity index (χ3n) is 5.54. The van der Waals surface area contributed by atoms with Crippen molar-refractivity contribution in [1.29, 1.82) is 0 Å². The van der Waals surface area contributed by atoms with E-state index in [0.717, 1.165) is 44.1 Å². The smallest absolute Gasteiger partial charge is 0.364 e. The maximum atomic E-state index is 12.9. The minimum Gasteiger partial charge on any atom is -0.364 e. The highest BCUT2D eigenvalue weighted by Crippen LogP contribution is 2.31. The number of pyridine rings is 1. The van der Waals surface area contributed by atoms with Crippen LogP contribution >= 0.6 is 0 Å². The van der Waals surface area contributed by atoms with E-state index in [9.17, 15) is 22.8 Å². The van der Waals surface area contributed by atoms with Gasteiger partial charge in [-0.2, -0.15) is 13.2 Å². The van der Waals surface area contributed by atoms with Crippen LogP contribution in [0.15, 0.2) is 42.6 Å². The molecule has 0 saturated carbocycles. The monoisotopic (exact) mass is 473 g/mol. The molecule has 1 aliphatic rings. The van der Waals surface area contributed by atoms with Crippen molar-refractivity contribution in [2.45, 2.75) is 31.5 Å². The van der Waals surface area contributed by atoms with Crippen molar-refractivity contribution >= 4 is 17.6 Å². The van der Waals surface area contributed by atoms with Gasteiger partial charge in [0.05, 0.1) is 11.6 Å². The number of imidazole rings is 1. The van der Waals surface area contributed by atoms with Gasteiger partial charge < -0.3 is 22.2 Å². The summed E-state index contributed by atoms with van der Waals surface area (Å²) in [4.78, 5) is 32.9. The molecule has 3 heterocycles. The Labute approximate surface area is 192 Å². The summed E-state index contributed by atoms with van der Waals surface area (Å²) in [7, 11) is 0. The van der Waals surface area contributed by atoms with E-state index in [1.54, 1.807) is 12.1 Å². The van der Waals surface area contributed by atoms with Crippen molar-refractivity contribution in [2.75, 3.05) is 17.7 Å². The Morgan fingerprint density at radius 1 is 1.15 bits per heavy atom. The number of aromatic nitrogens is 3. The number of benzene rings is 1. The van der Waals surface area contributed by atoms with Gasteiger partial charge in [0.25, 0.3) is 11.8 Å². The van der Waals surface area contributed by atoms with Crippen molar-refractivity contribution in [1.82, 2.24) is 20.0 Å². The van der Waals surface area contributed by atoms with Gasteiger partial charge in [-0.05, 0) is 43.7 Å². The molecule has 6 N–H and O–H groups in total. The molecule has 12 heteroatoms. The van der Waals surface area contributed by atoms with Gasteiger partial charge in [-0.25, -0.2) is 14.6 Å². The minimum atomic E-state index is -4.55. The van der Waals surface area contributed by atoms with Crippen LogP contribution in [0.2, 0.25) is 0 Å². The standard InChI is InChI=1S/C22H22F3N7O2/c23-22(24,25)14-8-10-29-16(11-14)30-21(34)13-6-4-12(5-7-13)17-18(19(26)33)32(27)20(31-17)15-3-1-2-9-28-15/h4-8,10-11,15,28H,1-3,9,27H2,(H2,26,33)(H,29,30,34)/t15-/m0/s1. The lowest BCUT2D eigenvalue weighted by Crippen LogP contribution is -2.32. The summed E-state index contributed by atoms with van der Waals surface area (Å²) in [5.74, 6) is 5.01. The molecule has 2 aromatic heterocycles. The van der Waals surface area contributed by atoms with E-state index in [1.807, 2.05) is 0 Å². The molecule has 3 aromatic rings. The van der Waals surface area contributed by atoms with Gasteiger partial charge in [-0.15, -0.1) is 0 Å². The Kier molecular flexibility index (Phi) is 6.24. The van der Waals surface area contributed by atoms with Gasteiger partial charge in [0, 0.05) is 17.3 Å². The van der Waals surface area contributed by atoms with E-state index < -0.39 is 23.6 Å². The first kappa shape index (κ1) is 23.2. The average Bonchev–Trinajstić information content (AvgIpc) is 3.16. The number of carbonyl (C=O) groups is 2. The van der Waals surface area contributed by atoms with E-state index in [0.29, 0.717) is 11.4 Å². The lowest BCUT2D eigenvalue weighted by Gasteiger charge is -2.22. The summed E-state index contributed by atoms with van der Waals surface area (Å²) in [6, 6.07) is 7.47. The first-order chi connectivity index (χ1) is 16.1. The fourth-order valence-corrected chi connectivity index (χ4v) is 3.85. The maximum absolute atomic E-state index is 12.9. The Morgan fingerprint density at radius 3 is 2.50 bits per heavy atom. The van der Waals surface area contributed by atoms with Crippen LogP contribution in [0.5, 0.6) is 0 Å². The van der Waals surface area contributed by atoms with E-state index in [2.05, 4.69) is 20.6 Å². The lowest BCUT2D eigenvalue weighted by atomic mass is 10.0. The second kappa shape index (κ2) is 9.14. The van der Waals surface area contributed by atoms with Gasteiger partial charge in [-0.1, -0.05) is 18.6 Å². The zero-order chi connectivity index (χ0) is 24.5. The first-order valence-corrected chi connectivity index (χ1v) is 10.5. The SMILES string of the molecule is NC(=O)c1c(-c2ccc(C(=O)Nc3cc(C(F)(F)F)ccn3)cc2)nc([C@@H]2CCCCN2)n1N. The molecule has 1 fully saturated rings. The second-order valence-electron chi connectivity index (χ2n) is 7.86. The lowest BCUT2D eigenvalue weighted by molar-refractivity contribution is -0.137. The highest BCUT2D eigenvalue weighted by Gasteiger charge is 2.31. The highest BCUT2D eigenvalue weighted by atomic mass is 19.4. The van der Waals surface area contributed by atoms with Gasteiger partial charge in [-0.3, -0.25) is 9.59 Å². The number of nitrogen functional groups attached to an aromatic ring is 1. The molecule has 2 amide bonds. The number of hydrogen-bond donors (Lipinski definition) is 4. The average molecular weight is 473 g/mol. The van der Waals surface area contributed by atoms with E-state index in [-0.39, 0.29) is 28.8 Å². The van der Waals surface area contributed by atoms with Crippen LogP contribution in [0.3, 0.4) is 0 Å². The van der Waals surface area contributed by atoms with Gasteiger partial charge in [0.2, 0.25) is 0 Å². The second-order valence-corrected chi connectivity index (χ2v) is 7.86. The molecule has 0 radical (unpaired) electrons. The molecule has 34 heavy (non-hydrogen) atoms. The summed E-state index contributed by atoms with van der Waals surface area (Å²) in [5, 5.41) is 5.67. The molecule has 1 aromatic carbocycles. The van der Waals surface area contributed by atoms with Gasteiger partial charge >= 0.3 is 6.18 Å². The quantitative estimate of drug-likeness (QED) is 0.420. The number of rotatable bonds is 5. The van der Waals surface area contributed by atoms with Crippen LogP contribution in [0.1, 0.15) is 57.5 Å². The maximum Gasteiger partial charge on any atom is 0.416 e. The van der Waals surface area contributed by atoms with Crippen LogP contribution in [0.25, 0.3) is 11.3 Å². The fourth-order valence-electron chi connectivity index (χ4n) is 3.85. The summed E-state index contributed by atoms with van der Waals surface area (Å²) in [5.41, 5.74) is 5.62. The number of anilines is 1. The van der Waals surface area contributed by atoms with Crippen LogP contribution in [0.4, 0.5) is 19.0 Å². The highest BCUT2D eigenvalue weighted by molar-refractivity contribution is 6.04. The fraction of sp³-hybridized carbons (Fsp3) is 0.273. The largest absolute Gasteiger partial charge is 0.416 e. The van der Waals surface area contributed by atoms with Crippen LogP contribution in [-0.2, 0) is 6.18 Å². The number of hydrogen-bond acceptors (Lipinski definition) is 6. The predicted molar refractivity (Wildman–Crippen MR) is 118 cm³/mol. The molecule has 9 nitrogen and oxygen atoms in total. The van der Waals surface area contributed by atoms with Crippen molar-refractivity contribution in [3.63, 3.8) is 0 Å². The van der Waals surface area contributed by atoms with Crippen molar-refractivity contribution in [3.8, 4) is 11.3 Å². The Bertz CT molecular complexity index is 1220. The summed E-state index contributed by atoms with van der Waals surface area (Å²) in [6.45, 7) is 0.809. The van der Waals surface area contributed by atoms with Crippen molar-refractivity contribution in [3.05, 3.63) is 65.2 Å². The topological polar surface area (TPSA) is 141 Å². The molecular weight excluding hydrogens is 451 g/mol. The zero-order valence-corrected chi connectivity index (χ0v) is 17.9. The number of nitrogens with two attached hydrogens (primary N) is 2. The van der Waals surface area contributed by atoms with E-state index in [4.69, 9.17) is 11.6 Å². The Morgan fingerprint density at radius 2 is 1.88 bits per heavy atom. The molecule has 1 saturated heterocycles. The summed E-state index contributed by atoms with van der Waals surface area (Å²) in [6.07, 6.45) is -0.739. The van der Waals surface area contributed by atoms with E-state index >= 15 is 0 Å². The number of nitrogens with zero attached hydrogens (tertiary/aromatic N) is 3. The Hall–Kier alpha value is -3.93. The number of primary amides is 1. The molecule has 1 aliphatic heterocycles. The summed E-state index contributed by atoms with van der Waals surface area (Å²) < 4.78 is 39.8. The van der Waals surface area contributed by atoms with Crippen molar-refractivity contribution in [2.24, 2.45) is 5.73 Å². The van der Waals surface area contributed by atoms with Crippen LogP contribution < -0.4 is 22.2 Å². The molecule has 0 spiro atoms. The number of piperidine rings is 1. The normalized spacial score (nSPS) is 16.3. The van der Waals surface area contributed by atoms with Crippen LogP contribution in [0, 0.1) is 0 Å². The van der Waals surface area contributed by atoms with Gasteiger partial charge in [0.15, 0.2) is 5.69 Å². The third kappa shape index (κ3) is 4.71. The van der Waals surface area contributed by atoms with Gasteiger partial charge in [0.1, 0.15) is 17.3 Å². The summed E-state index contributed by atoms with van der Waals surface area (Å²) >= 11 is 0. The molecule has 0 bridgehead atoms. The van der Waals surface area contributed by atoms with E-state index in [1.165, 1.54) is 16.8 Å². The molecule has 178 valence electrons. The number of carbonyl (C=O) groups excluding carboxylic acids is 2. The predicted octanol–water partition coefficient (Wildman–Crippen LogP) is 2.84. The zero-order valence-electron chi connectivity index (χ0n) is 17.9. The van der Waals surface area contributed by atoms with Crippen molar-refractivity contribution < 1.29 is 22.8 Å². The minimum absolute atomic E-state index is 0.0349. The Balaban J connectivity index is 1.58. The van der Waals surface area contributed by atoms with Crippen LogP contribution in [-0.4, -0.2) is 33.0 Å².